The van der Waals surface area contributed by atoms with Gasteiger partial charge in [-0.05, 0) is 36.4 Å². The van der Waals surface area contributed by atoms with Crippen molar-refractivity contribution in [2.45, 2.75) is 19.9 Å². The quantitative estimate of drug-likeness (QED) is 0.814. The van der Waals surface area contributed by atoms with Crippen LogP contribution in [0.25, 0.3) is 11.1 Å². The zero-order valence-corrected chi connectivity index (χ0v) is 9.84. The third kappa shape index (κ3) is 2.28. The fraction of sp³-hybridized carbons (Fsp3) is 0.231. The Labute approximate surface area is 94.6 Å². The van der Waals surface area contributed by atoms with Crippen molar-refractivity contribution in [2.24, 2.45) is 5.73 Å². The van der Waals surface area contributed by atoms with Gasteiger partial charge in [0.05, 0.1) is 0 Å². The molecule has 1 atom stereocenters. The third-order valence-electron chi connectivity index (χ3n) is 2.45. The number of hydrogen-bond acceptors (Lipinski definition) is 2. The Balaban J connectivity index is 2.33. The molecule has 0 saturated heterocycles. The lowest BCUT2D eigenvalue weighted by molar-refractivity contribution is 0.838. The van der Waals surface area contributed by atoms with Crippen molar-refractivity contribution in [1.82, 2.24) is 0 Å². The molecule has 0 saturated carbocycles. The second kappa shape index (κ2) is 4.17. The molecule has 1 heterocycles. The molecule has 2 aromatic rings. The fourth-order valence-electron chi connectivity index (χ4n) is 1.49. The Hall–Kier alpha value is -1.12. The van der Waals surface area contributed by atoms with E-state index in [1.807, 2.05) is 6.92 Å². The van der Waals surface area contributed by atoms with Gasteiger partial charge in [0.15, 0.2) is 0 Å². The predicted molar refractivity (Wildman–Crippen MR) is 67.1 cm³/mol. The summed E-state index contributed by atoms with van der Waals surface area (Å²) in [5.74, 6) is 0. The van der Waals surface area contributed by atoms with E-state index in [0.717, 1.165) is 0 Å². The first-order valence-electron chi connectivity index (χ1n) is 5.08. The Bertz CT molecular complexity index is 440. The molecule has 1 aromatic carbocycles. The number of nitrogens with two attached hydrogens (primary N) is 1. The minimum absolute atomic E-state index is 0.134. The molecule has 0 aliphatic rings. The zero-order chi connectivity index (χ0) is 10.8. The molecule has 78 valence electrons. The lowest BCUT2D eigenvalue weighted by Gasteiger charge is -1.99. The summed E-state index contributed by atoms with van der Waals surface area (Å²) in [4.78, 5) is 1.24. The van der Waals surface area contributed by atoms with Crippen LogP contribution in [-0.2, 0) is 0 Å². The van der Waals surface area contributed by atoms with E-state index in [4.69, 9.17) is 5.73 Å². The molecule has 2 rings (SSSR count). The van der Waals surface area contributed by atoms with E-state index < -0.39 is 0 Å². The van der Waals surface area contributed by atoms with Crippen molar-refractivity contribution in [1.29, 1.82) is 0 Å². The van der Waals surface area contributed by atoms with Crippen molar-refractivity contribution in [3.8, 4) is 11.1 Å². The Morgan fingerprint density at radius 3 is 2.33 bits per heavy atom. The van der Waals surface area contributed by atoms with Gasteiger partial charge < -0.3 is 5.73 Å². The van der Waals surface area contributed by atoms with Crippen molar-refractivity contribution >= 4 is 11.3 Å². The van der Waals surface area contributed by atoms with Gasteiger partial charge in [0.1, 0.15) is 0 Å². The third-order valence-corrected chi connectivity index (χ3v) is 3.59. The van der Waals surface area contributed by atoms with Gasteiger partial charge in [-0.25, -0.2) is 0 Å². The average Bonchev–Trinajstić information content (AvgIpc) is 2.68. The molecule has 0 aliphatic carbocycles. The topological polar surface area (TPSA) is 26.0 Å². The van der Waals surface area contributed by atoms with Gasteiger partial charge in [0.2, 0.25) is 0 Å². The maximum absolute atomic E-state index is 5.84. The van der Waals surface area contributed by atoms with Crippen molar-refractivity contribution < 1.29 is 0 Å². The molecule has 0 spiro atoms. The van der Waals surface area contributed by atoms with Crippen LogP contribution < -0.4 is 5.73 Å². The van der Waals surface area contributed by atoms with Gasteiger partial charge >= 0.3 is 0 Å². The molecular formula is C13H15NS. The maximum atomic E-state index is 5.84. The van der Waals surface area contributed by atoms with Gasteiger partial charge in [-0.3, -0.25) is 0 Å². The van der Waals surface area contributed by atoms with Crippen LogP contribution in [0.15, 0.2) is 35.7 Å². The summed E-state index contributed by atoms with van der Waals surface area (Å²) in [5.41, 5.74) is 9.67. The van der Waals surface area contributed by atoms with E-state index in [9.17, 15) is 0 Å². The highest BCUT2D eigenvalue weighted by Gasteiger charge is 2.05. The number of benzene rings is 1. The second-order valence-corrected chi connectivity index (χ2v) is 4.84. The normalized spacial score (nSPS) is 12.7. The molecule has 0 radical (unpaired) electrons. The molecule has 0 amide bonds. The summed E-state index contributed by atoms with van der Waals surface area (Å²) in [6.45, 7) is 4.12. The van der Waals surface area contributed by atoms with Crippen molar-refractivity contribution in [3.63, 3.8) is 0 Å². The van der Waals surface area contributed by atoms with Crippen LogP contribution in [0.2, 0.25) is 0 Å². The van der Waals surface area contributed by atoms with Gasteiger partial charge in [-0.2, -0.15) is 0 Å². The number of hydrogen-bond donors (Lipinski definition) is 1. The minimum atomic E-state index is 0.134. The van der Waals surface area contributed by atoms with Crippen LogP contribution in [0.4, 0.5) is 0 Å². The van der Waals surface area contributed by atoms with E-state index >= 15 is 0 Å². The Kier molecular flexibility index (Phi) is 2.89. The van der Waals surface area contributed by atoms with E-state index in [2.05, 4.69) is 42.6 Å². The van der Waals surface area contributed by atoms with E-state index in [1.54, 1.807) is 11.3 Å². The summed E-state index contributed by atoms with van der Waals surface area (Å²) < 4.78 is 0. The largest absolute Gasteiger partial charge is 0.324 e. The monoisotopic (exact) mass is 217 g/mol. The molecule has 15 heavy (non-hydrogen) atoms. The first-order chi connectivity index (χ1) is 7.16. The SMILES string of the molecule is Cc1ccc(-c2csc(C(C)N)c2)cc1. The van der Waals surface area contributed by atoms with Gasteiger partial charge in [-0.1, -0.05) is 29.8 Å². The van der Waals surface area contributed by atoms with Crippen LogP contribution in [0.5, 0.6) is 0 Å². The zero-order valence-electron chi connectivity index (χ0n) is 9.03. The molecule has 0 aliphatic heterocycles. The van der Waals surface area contributed by atoms with Crippen LogP contribution >= 0.6 is 11.3 Å². The van der Waals surface area contributed by atoms with E-state index in [1.165, 1.54) is 21.6 Å². The summed E-state index contributed by atoms with van der Waals surface area (Å²) in [6, 6.07) is 10.9. The highest BCUT2D eigenvalue weighted by Crippen LogP contribution is 2.28. The van der Waals surface area contributed by atoms with Crippen LogP contribution in [-0.4, -0.2) is 0 Å². The van der Waals surface area contributed by atoms with Crippen LogP contribution in [0.1, 0.15) is 23.4 Å². The van der Waals surface area contributed by atoms with Crippen molar-refractivity contribution in [3.05, 3.63) is 46.2 Å². The lowest BCUT2D eigenvalue weighted by Crippen LogP contribution is -2.01. The van der Waals surface area contributed by atoms with Crippen LogP contribution in [0.3, 0.4) is 0 Å². The molecule has 1 nitrogen and oxygen atoms in total. The summed E-state index contributed by atoms with van der Waals surface area (Å²) in [6.07, 6.45) is 0. The summed E-state index contributed by atoms with van der Waals surface area (Å²) in [7, 11) is 0. The van der Waals surface area contributed by atoms with Gasteiger partial charge in [0, 0.05) is 10.9 Å². The standard InChI is InChI=1S/C13H15NS/c1-9-3-5-11(6-4-9)12-7-13(10(2)14)15-8-12/h3-8,10H,14H2,1-2H3. The predicted octanol–water partition coefficient (Wildman–Crippen LogP) is 3.74. The Morgan fingerprint density at radius 2 is 1.80 bits per heavy atom. The molecule has 0 fully saturated rings. The molecular weight excluding hydrogens is 202 g/mol. The maximum Gasteiger partial charge on any atom is 0.0361 e. The van der Waals surface area contributed by atoms with Crippen LogP contribution in [0, 0.1) is 6.92 Å². The second-order valence-electron chi connectivity index (χ2n) is 3.89. The molecule has 1 unspecified atom stereocenters. The van der Waals surface area contributed by atoms with E-state index in [-0.39, 0.29) is 6.04 Å². The molecule has 2 N–H and O–H groups in total. The van der Waals surface area contributed by atoms with Crippen molar-refractivity contribution in [2.75, 3.05) is 0 Å². The number of thiophene rings is 1. The smallest absolute Gasteiger partial charge is 0.0361 e. The highest BCUT2D eigenvalue weighted by molar-refractivity contribution is 7.10. The first kappa shape index (κ1) is 10.4. The first-order valence-corrected chi connectivity index (χ1v) is 5.96. The van der Waals surface area contributed by atoms with Gasteiger partial charge in [-0.15, -0.1) is 11.3 Å². The molecule has 0 bridgehead atoms. The minimum Gasteiger partial charge on any atom is -0.324 e. The average molecular weight is 217 g/mol. The van der Waals surface area contributed by atoms with E-state index in [0.29, 0.717) is 0 Å². The summed E-state index contributed by atoms with van der Waals surface area (Å²) in [5, 5.41) is 2.17. The number of rotatable bonds is 2. The molecule has 1 aromatic heterocycles. The number of aryl methyl sites for hydroxylation is 1. The lowest BCUT2D eigenvalue weighted by atomic mass is 10.1. The Morgan fingerprint density at radius 1 is 1.13 bits per heavy atom. The highest BCUT2D eigenvalue weighted by atomic mass is 32.1. The fourth-order valence-corrected chi connectivity index (χ4v) is 2.37. The van der Waals surface area contributed by atoms with Gasteiger partial charge in [0.25, 0.3) is 0 Å². The molecule has 2 heteroatoms. The summed E-state index contributed by atoms with van der Waals surface area (Å²) >= 11 is 1.73.